The molecular formula is C20H27N3O. The van der Waals surface area contributed by atoms with Gasteiger partial charge in [-0.05, 0) is 30.7 Å². The van der Waals surface area contributed by atoms with Crippen molar-refractivity contribution in [2.45, 2.75) is 63.3 Å². The van der Waals surface area contributed by atoms with Crippen LogP contribution in [0, 0.1) is 5.92 Å². The summed E-state index contributed by atoms with van der Waals surface area (Å²) in [5, 5.41) is 14.1. The monoisotopic (exact) mass is 325 g/mol. The lowest BCUT2D eigenvalue weighted by atomic mass is 9.95. The third kappa shape index (κ3) is 3.00. The average molecular weight is 325 g/mol. The molecule has 4 rings (SSSR count). The van der Waals surface area contributed by atoms with Crippen LogP contribution in [-0.4, -0.2) is 26.5 Å². The molecule has 2 aliphatic carbocycles. The van der Waals surface area contributed by atoms with E-state index >= 15 is 0 Å². The van der Waals surface area contributed by atoms with E-state index in [4.69, 9.17) is 10.1 Å². The molecular weight excluding hydrogens is 298 g/mol. The lowest BCUT2D eigenvalue weighted by Gasteiger charge is -2.11. The molecule has 0 atom stereocenters. The molecule has 0 radical (unpaired) electrons. The first-order valence-corrected chi connectivity index (χ1v) is 9.42. The summed E-state index contributed by atoms with van der Waals surface area (Å²) < 4.78 is 2.08. The predicted octanol–water partition coefficient (Wildman–Crippen LogP) is 3.47. The zero-order chi connectivity index (χ0) is 16.4. The van der Waals surface area contributed by atoms with Gasteiger partial charge >= 0.3 is 0 Å². The van der Waals surface area contributed by atoms with Gasteiger partial charge < -0.3 is 5.11 Å². The normalized spacial score (nSPS) is 19.7. The van der Waals surface area contributed by atoms with E-state index in [0.29, 0.717) is 0 Å². The van der Waals surface area contributed by atoms with Gasteiger partial charge in [0.15, 0.2) is 5.82 Å². The van der Waals surface area contributed by atoms with Gasteiger partial charge in [0.2, 0.25) is 0 Å². The van der Waals surface area contributed by atoms with Crippen molar-refractivity contribution in [3.8, 4) is 0 Å². The molecule has 24 heavy (non-hydrogen) atoms. The first kappa shape index (κ1) is 15.8. The van der Waals surface area contributed by atoms with Crippen molar-refractivity contribution in [3.63, 3.8) is 0 Å². The maximum atomic E-state index is 9.20. The molecule has 0 spiro atoms. The number of aliphatic hydroxyl groups excluding tert-OH is 1. The second-order valence-electron chi connectivity index (χ2n) is 7.45. The molecule has 128 valence electrons. The zero-order valence-electron chi connectivity index (χ0n) is 14.3. The Kier molecular flexibility index (Phi) is 4.40. The largest absolute Gasteiger partial charge is 0.396 e. The van der Waals surface area contributed by atoms with E-state index in [-0.39, 0.29) is 12.0 Å². The van der Waals surface area contributed by atoms with Gasteiger partial charge in [-0.2, -0.15) is 5.10 Å². The maximum Gasteiger partial charge on any atom is 0.161 e. The SMILES string of the molecule is OCCCn1nc(C2(c3ccccc3)CC2)nc1CC1CCCC1. The molecule has 0 amide bonds. The minimum Gasteiger partial charge on any atom is -0.396 e. The Morgan fingerprint density at radius 3 is 2.54 bits per heavy atom. The molecule has 2 aliphatic rings. The Balaban J connectivity index is 1.62. The lowest BCUT2D eigenvalue weighted by Crippen LogP contribution is -2.12. The smallest absolute Gasteiger partial charge is 0.161 e. The molecule has 4 heteroatoms. The summed E-state index contributed by atoms with van der Waals surface area (Å²) >= 11 is 0. The molecule has 1 aromatic carbocycles. The Hall–Kier alpha value is -1.68. The van der Waals surface area contributed by atoms with E-state index in [9.17, 15) is 5.11 Å². The van der Waals surface area contributed by atoms with Crippen LogP contribution in [0.2, 0.25) is 0 Å². The first-order valence-electron chi connectivity index (χ1n) is 9.42. The Labute approximate surface area is 143 Å². The minimum absolute atomic E-state index is 0.0378. The maximum absolute atomic E-state index is 9.20. The molecule has 0 saturated heterocycles. The van der Waals surface area contributed by atoms with Crippen LogP contribution in [0.15, 0.2) is 30.3 Å². The van der Waals surface area contributed by atoms with Crippen LogP contribution in [0.4, 0.5) is 0 Å². The fourth-order valence-electron chi connectivity index (χ4n) is 4.12. The second-order valence-corrected chi connectivity index (χ2v) is 7.45. The number of aryl methyl sites for hydroxylation is 1. The third-order valence-electron chi connectivity index (χ3n) is 5.73. The summed E-state index contributed by atoms with van der Waals surface area (Å²) in [5.41, 5.74) is 1.38. The van der Waals surface area contributed by atoms with Gasteiger partial charge in [-0.15, -0.1) is 0 Å². The number of hydrogen-bond donors (Lipinski definition) is 1. The van der Waals surface area contributed by atoms with Crippen molar-refractivity contribution < 1.29 is 5.11 Å². The fourth-order valence-corrected chi connectivity index (χ4v) is 4.12. The Morgan fingerprint density at radius 2 is 1.88 bits per heavy atom. The molecule has 2 saturated carbocycles. The van der Waals surface area contributed by atoms with Crippen molar-refractivity contribution in [2.75, 3.05) is 6.61 Å². The summed E-state index contributed by atoms with van der Waals surface area (Å²) in [6.45, 7) is 0.984. The number of rotatable bonds is 7. The highest BCUT2D eigenvalue weighted by molar-refractivity contribution is 5.39. The van der Waals surface area contributed by atoms with Crippen LogP contribution in [0.3, 0.4) is 0 Å². The van der Waals surface area contributed by atoms with E-state index in [1.807, 2.05) is 0 Å². The van der Waals surface area contributed by atoms with E-state index < -0.39 is 0 Å². The van der Waals surface area contributed by atoms with Crippen molar-refractivity contribution in [1.29, 1.82) is 0 Å². The van der Waals surface area contributed by atoms with Gasteiger partial charge in [0.1, 0.15) is 5.82 Å². The molecule has 4 nitrogen and oxygen atoms in total. The highest BCUT2D eigenvalue weighted by Crippen LogP contribution is 2.52. The van der Waals surface area contributed by atoms with Crippen LogP contribution in [0.1, 0.15) is 62.2 Å². The van der Waals surface area contributed by atoms with Gasteiger partial charge in [-0.3, -0.25) is 0 Å². The number of aliphatic hydroxyl groups is 1. The molecule has 1 N–H and O–H groups in total. The van der Waals surface area contributed by atoms with Gasteiger partial charge in [-0.1, -0.05) is 56.0 Å². The predicted molar refractivity (Wildman–Crippen MR) is 93.8 cm³/mol. The molecule has 0 bridgehead atoms. The molecule has 0 aliphatic heterocycles. The van der Waals surface area contributed by atoms with Gasteiger partial charge in [0.25, 0.3) is 0 Å². The number of nitrogens with zero attached hydrogens (tertiary/aromatic N) is 3. The summed E-state index contributed by atoms with van der Waals surface area (Å²) in [5.74, 6) is 2.90. The highest BCUT2D eigenvalue weighted by atomic mass is 16.3. The van der Waals surface area contributed by atoms with Crippen LogP contribution in [0.5, 0.6) is 0 Å². The van der Waals surface area contributed by atoms with Crippen molar-refractivity contribution >= 4 is 0 Å². The molecule has 1 aromatic heterocycles. The summed E-state index contributed by atoms with van der Waals surface area (Å²) in [6, 6.07) is 10.7. The molecule has 0 unspecified atom stereocenters. The minimum atomic E-state index is 0.0378. The average Bonchev–Trinajstić information content (AvgIpc) is 3.08. The summed E-state index contributed by atoms with van der Waals surface area (Å²) in [4.78, 5) is 5.01. The zero-order valence-corrected chi connectivity index (χ0v) is 14.3. The standard InChI is InChI=1S/C20H27N3O/c24-14-6-13-23-18(15-16-7-4-5-8-16)21-19(22-23)20(11-12-20)17-9-2-1-3-10-17/h1-3,9-10,16,24H,4-8,11-15H2. The van der Waals surface area contributed by atoms with Crippen LogP contribution in [-0.2, 0) is 18.4 Å². The first-order chi connectivity index (χ1) is 11.8. The van der Waals surface area contributed by atoms with E-state index in [2.05, 4.69) is 35.0 Å². The van der Waals surface area contributed by atoms with E-state index in [0.717, 1.165) is 49.8 Å². The highest BCUT2D eigenvalue weighted by Gasteiger charge is 2.49. The molecule has 2 fully saturated rings. The van der Waals surface area contributed by atoms with Crippen molar-refractivity contribution in [3.05, 3.63) is 47.5 Å². The fraction of sp³-hybridized carbons (Fsp3) is 0.600. The second kappa shape index (κ2) is 6.67. The van der Waals surface area contributed by atoms with Crippen LogP contribution in [0.25, 0.3) is 0 Å². The Bertz CT molecular complexity index is 669. The summed E-state index contributed by atoms with van der Waals surface area (Å²) in [7, 11) is 0. The lowest BCUT2D eigenvalue weighted by molar-refractivity contribution is 0.275. The van der Waals surface area contributed by atoms with E-state index in [1.54, 1.807) is 0 Å². The van der Waals surface area contributed by atoms with Crippen LogP contribution >= 0.6 is 0 Å². The van der Waals surface area contributed by atoms with Gasteiger partial charge in [-0.25, -0.2) is 9.67 Å². The Morgan fingerprint density at radius 1 is 1.12 bits per heavy atom. The molecule has 2 aromatic rings. The van der Waals surface area contributed by atoms with E-state index in [1.165, 1.54) is 31.2 Å². The van der Waals surface area contributed by atoms with Crippen molar-refractivity contribution in [2.24, 2.45) is 5.92 Å². The van der Waals surface area contributed by atoms with Crippen LogP contribution < -0.4 is 0 Å². The number of hydrogen-bond acceptors (Lipinski definition) is 3. The number of benzene rings is 1. The van der Waals surface area contributed by atoms with Gasteiger partial charge in [0, 0.05) is 19.6 Å². The topological polar surface area (TPSA) is 50.9 Å². The quantitative estimate of drug-likeness (QED) is 0.848. The van der Waals surface area contributed by atoms with Gasteiger partial charge in [0.05, 0.1) is 5.41 Å². The third-order valence-corrected chi connectivity index (χ3v) is 5.73. The summed E-state index contributed by atoms with van der Waals surface area (Å²) in [6.07, 6.45) is 9.44. The number of aromatic nitrogens is 3. The van der Waals surface area contributed by atoms with Crippen molar-refractivity contribution in [1.82, 2.24) is 14.8 Å². The molecule has 1 heterocycles.